The molecule has 9 nitrogen and oxygen atoms in total. The van der Waals surface area contributed by atoms with Gasteiger partial charge in [-0.05, 0) is 126 Å². The standard InChI is InChI=1S/C29H45IN6O3/c1-16(4-7-25(39)32-11-9-19-15-33-27(30)34-19)20-5-6-21-26-22(14-24(38)29(20,21)3)28(2)10-8-18(35-36-31)12-17(28)13-23(26)37/h15-18,20-24,26,37-38H,4-14H2,1-3H3,(H,32,39)(H,33,34)/t16-,17+,18+,20-,21+,22+,23-,24+,26+,28+,29-/m1/s1/i30-2. The van der Waals surface area contributed by atoms with Gasteiger partial charge in [-0.15, -0.1) is 0 Å². The van der Waals surface area contributed by atoms with E-state index in [1.807, 2.05) is 6.20 Å². The van der Waals surface area contributed by atoms with Gasteiger partial charge < -0.3 is 20.5 Å². The van der Waals surface area contributed by atoms with E-state index in [0.717, 1.165) is 67.3 Å². The highest BCUT2D eigenvalue weighted by molar-refractivity contribution is 14.1. The summed E-state index contributed by atoms with van der Waals surface area (Å²) in [6.45, 7) is 7.50. The van der Waals surface area contributed by atoms with Crippen LogP contribution in [0.5, 0.6) is 0 Å². The first-order valence-electron chi connectivity index (χ1n) is 14.9. The zero-order chi connectivity index (χ0) is 27.9. The van der Waals surface area contributed by atoms with Crippen LogP contribution >= 0.6 is 22.6 Å². The van der Waals surface area contributed by atoms with Gasteiger partial charge in [-0.3, -0.25) is 4.79 Å². The first-order chi connectivity index (χ1) is 18.6. The number of nitrogens with zero attached hydrogens (tertiary/aromatic N) is 4. The third kappa shape index (κ3) is 5.35. The minimum atomic E-state index is -0.401. The molecule has 0 bridgehead atoms. The molecule has 4 aliphatic rings. The van der Waals surface area contributed by atoms with Gasteiger partial charge in [0, 0.05) is 42.2 Å². The lowest BCUT2D eigenvalue weighted by molar-refractivity contribution is -0.202. The van der Waals surface area contributed by atoms with Crippen LogP contribution in [-0.4, -0.2) is 50.9 Å². The van der Waals surface area contributed by atoms with Crippen molar-refractivity contribution in [3.8, 4) is 0 Å². The highest BCUT2D eigenvalue weighted by Crippen LogP contribution is 2.68. The number of aromatic nitrogens is 2. The van der Waals surface area contributed by atoms with Crippen molar-refractivity contribution < 1.29 is 15.0 Å². The van der Waals surface area contributed by atoms with Gasteiger partial charge in [0.15, 0.2) is 3.83 Å². The van der Waals surface area contributed by atoms with E-state index in [1.54, 1.807) is 0 Å². The highest BCUT2D eigenvalue weighted by Gasteiger charge is 2.65. The first-order valence-corrected chi connectivity index (χ1v) is 16.0. The number of halogens is 1. The smallest absolute Gasteiger partial charge is 0.220 e. The lowest BCUT2D eigenvalue weighted by atomic mass is 9.43. The van der Waals surface area contributed by atoms with E-state index in [4.69, 9.17) is 5.53 Å². The number of amides is 1. The molecular weight excluding hydrogens is 605 g/mol. The normalized spacial score (nSPS) is 42.0. The topological polar surface area (TPSA) is 147 Å². The summed E-state index contributed by atoms with van der Waals surface area (Å²) < 4.78 is 0.856. The van der Waals surface area contributed by atoms with Crippen LogP contribution < -0.4 is 5.32 Å². The Morgan fingerprint density at radius 1 is 1.28 bits per heavy atom. The predicted octanol–water partition coefficient (Wildman–Crippen LogP) is 5.37. The fourth-order valence-electron chi connectivity index (χ4n) is 9.75. The van der Waals surface area contributed by atoms with Crippen molar-refractivity contribution in [2.75, 3.05) is 6.54 Å². The van der Waals surface area contributed by atoms with Crippen molar-refractivity contribution in [3.63, 3.8) is 0 Å². The molecule has 1 aromatic rings. The zero-order valence-electron chi connectivity index (χ0n) is 23.5. The average molecular weight is 651 g/mol. The quantitative estimate of drug-likeness (QED) is 0.130. The maximum Gasteiger partial charge on any atom is 0.220 e. The average Bonchev–Trinajstić information content (AvgIpc) is 3.47. The summed E-state index contributed by atoms with van der Waals surface area (Å²) in [4.78, 5) is 23.0. The number of aliphatic hydroxyl groups is 2. The molecule has 0 radical (unpaired) electrons. The third-order valence-electron chi connectivity index (χ3n) is 11.9. The molecule has 0 aromatic carbocycles. The van der Waals surface area contributed by atoms with E-state index in [0.29, 0.717) is 42.6 Å². The summed E-state index contributed by atoms with van der Waals surface area (Å²) in [5.74, 6) is 1.89. The number of imidazole rings is 1. The third-order valence-corrected chi connectivity index (χ3v) is 12.4. The van der Waals surface area contributed by atoms with Crippen LogP contribution in [-0.2, 0) is 11.2 Å². The Morgan fingerprint density at radius 3 is 2.79 bits per heavy atom. The maximum absolute atomic E-state index is 12.6. The first kappa shape index (κ1) is 29.1. The van der Waals surface area contributed by atoms with Gasteiger partial charge in [0.1, 0.15) is 0 Å². The molecule has 4 fully saturated rings. The number of carbonyl (C=O) groups is 1. The van der Waals surface area contributed by atoms with Crippen LogP contribution in [0.3, 0.4) is 0 Å². The molecule has 5 rings (SSSR count). The predicted molar refractivity (Wildman–Crippen MR) is 157 cm³/mol. The Labute approximate surface area is 245 Å². The second kappa shape index (κ2) is 11.5. The fraction of sp³-hybridized carbons (Fsp3) is 0.862. The van der Waals surface area contributed by atoms with Gasteiger partial charge in [0.05, 0.1) is 12.2 Å². The lowest BCUT2D eigenvalue weighted by Crippen LogP contribution is -2.62. The number of aromatic amines is 1. The van der Waals surface area contributed by atoms with Crippen LogP contribution in [0.2, 0.25) is 0 Å². The van der Waals surface area contributed by atoms with Gasteiger partial charge in [-0.25, -0.2) is 4.98 Å². The van der Waals surface area contributed by atoms with E-state index in [2.05, 4.69) is 68.7 Å². The second-order valence-electron chi connectivity index (χ2n) is 13.5. The number of azide groups is 1. The monoisotopic (exact) mass is 650 g/mol. The van der Waals surface area contributed by atoms with E-state index in [9.17, 15) is 15.0 Å². The minimum absolute atomic E-state index is 0.0267. The SMILES string of the molecule is C[C@H](CCC(=O)NCCc1cnc([125I])[nH]1)[C@H]1CC[C@H]2[C@@H]3[C@H](O)C[C@@H]4C[C@@H](N=[N+]=[N-])CC[C@]4(C)[C@H]3C[C@H](O)[C@]12C. The molecular formula is C29H45IN6O3. The number of carbonyl (C=O) groups excluding carboxylic acids is 1. The van der Waals surface area contributed by atoms with Crippen molar-refractivity contribution in [1.82, 2.24) is 15.3 Å². The summed E-state index contributed by atoms with van der Waals surface area (Å²) in [5.41, 5.74) is 9.82. The molecule has 4 N–H and O–H groups in total. The van der Waals surface area contributed by atoms with Crippen molar-refractivity contribution in [3.05, 3.63) is 26.2 Å². The van der Waals surface area contributed by atoms with Crippen LogP contribution in [0, 0.1) is 50.2 Å². The largest absolute Gasteiger partial charge is 0.393 e. The van der Waals surface area contributed by atoms with Crippen LogP contribution in [0.25, 0.3) is 10.4 Å². The molecule has 0 aliphatic heterocycles. The molecule has 0 spiro atoms. The lowest BCUT2D eigenvalue weighted by Gasteiger charge is -2.63. The molecule has 4 saturated carbocycles. The Kier molecular flexibility index (Phi) is 8.59. The van der Waals surface area contributed by atoms with Crippen molar-refractivity contribution >= 4 is 28.5 Å². The van der Waals surface area contributed by atoms with Crippen LogP contribution in [0.4, 0.5) is 0 Å². The molecule has 1 heterocycles. The molecule has 216 valence electrons. The summed E-state index contributed by atoms with van der Waals surface area (Å²) in [7, 11) is 0. The van der Waals surface area contributed by atoms with Gasteiger partial charge in [0.2, 0.25) is 5.91 Å². The van der Waals surface area contributed by atoms with E-state index < -0.39 is 6.10 Å². The van der Waals surface area contributed by atoms with Gasteiger partial charge in [0.25, 0.3) is 0 Å². The molecule has 1 amide bonds. The van der Waals surface area contributed by atoms with E-state index in [1.165, 1.54) is 0 Å². The number of hydrogen-bond donors (Lipinski definition) is 4. The second-order valence-corrected chi connectivity index (χ2v) is 14.6. The minimum Gasteiger partial charge on any atom is -0.393 e. The summed E-state index contributed by atoms with van der Waals surface area (Å²) >= 11 is 2.14. The number of fused-ring (bicyclic) bond motifs is 5. The Bertz CT molecular complexity index is 1090. The molecule has 0 saturated heterocycles. The summed E-state index contributed by atoms with van der Waals surface area (Å²) in [6.07, 6.45) is 9.44. The molecule has 10 heteroatoms. The summed E-state index contributed by atoms with van der Waals surface area (Å²) in [5, 5.41) is 30.4. The van der Waals surface area contributed by atoms with Crippen molar-refractivity contribution in [2.24, 2.45) is 51.5 Å². The van der Waals surface area contributed by atoms with Crippen LogP contribution in [0.1, 0.15) is 84.3 Å². The van der Waals surface area contributed by atoms with Crippen molar-refractivity contribution in [1.29, 1.82) is 0 Å². The number of nitrogens with one attached hydrogen (secondary N) is 2. The Morgan fingerprint density at radius 2 is 2.08 bits per heavy atom. The van der Waals surface area contributed by atoms with Gasteiger partial charge in [-0.2, -0.15) is 0 Å². The number of rotatable bonds is 8. The van der Waals surface area contributed by atoms with Crippen LogP contribution in [0.15, 0.2) is 11.3 Å². The number of H-pyrrole nitrogens is 1. The Balaban J connectivity index is 1.21. The Hall–Kier alpha value is -1.36. The van der Waals surface area contributed by atoms with Crippen molar-refractivity contribution in [2.45, 2.75) is 103 Å². The molecule has 0 unspecified atom stereocenters. The fourth-order valence-corrected chi connectivity index (χ4v) is 10.2. The van der Waals surface area contributed by atoms with Gasteiger partial charge in [-0.1, -0.05) is 25.9 Å². The number of hydrogen-bond acceptors (Lipinski definition) is 5. The summed E-state index contributed by atoms with van der Waals surface area (Å²) in [6, 6.07) is 0.0267. The molecule has 39 heavy (non-hydrogen) atoms. The highest BCUT2D eigenvalue weighted by atomic mass is 125. The molecule has 4 aliphatic carbocycles. The molecule has 11 atom stereocenters. The zero-order valence-corrected chi connectivity index (χ0v) is 25.7. The van der Waals surface area contributed by atoms with Gasteiger partial charge >= 0.3 is 0 Å². The van der Waals surface area contributed by atoms with E-state index >= 15 is 0 Å². The number of aliphatic hydroxyl groups excluding tert-OH is 2. The maximum atomic E-state index is 12.6. The molecule has 1 aromatic heterocycles. The van der Waals surface area contributed by atoms with E-state index in [-0.39, 0.29) is 34.8 Å².